The first-order valence-electron chi connectivity index (χ1n) is 10.1. The lowest BCUT2D eigenvalue weighted by atomic mass is 10.2. The Labute approximate surface area is 194 Å². The molecule has 32 heavy (non-hydrogen) atoms. The second-order valence-corrected chi connectivity index (χ2v) is 8.66. The molecule has 1 fully saturated rings. The molecule has 1 aliphatic heterocycles. The highest BCUT2D eigenvalue weighted by Gasteiger charge is 2.22. The first-order chi connectivity index (χ1) is 15.6. The fraction of sp³-hybridized carbons (Fsp3) is 0.273. The highest BCUT2D eigenvalue weighted by Crippen LogP contribution is 2.21. The van der Waals surface area contributed by atoms with Gasteiger partial charge in [0.1, 0.15) is 18.2 Å². The minimum atomic E-state index is -0.325. The van der Waals surface area contributed by atoms with E-state index in [9.17, 15) is 9.59 Å². The third kappa shape index (κ3) is 5.82. The molecular formula is C22H22ClN5O3S. The van der Waals surface area contributed by atoms with E-state index in [1.165, 1.54) is 0 Å². The number of nitrogens with zero attached hydrogens (tertiary/aromatic N) is 4. The first-order valence-corrected chi connectivity index (χ1v) is 11.3. The topological polar surface area (TPSA) is 87.7 Å². The molecule has 0 atom stereocenters. The van der Waals surface area contributed by atoms with Crippen LogP contribution in [0.15, 0.2) is 54.6 Å². The first kappa shape index (κ1) is 22.2. The zero-order chi connectivity index (χ0) is 22.3. The smallest absolute Gasteiger partial charge is 0.286 e. The van der Waals surface area contributed by atoms with Gasteiger partial charge in [0, 0.05) is 42.6 Å². The van der Waals surface area contributed by atoms with Crippen LogP contribution < -0.4 is 10.2 Å². The van der Waals surface area contributed by atoms with E-state index in [0.717, 1.165) is 30.1 Å². The van der Waals surface area contributed by atoms with Crippen LogP contribution in [0.4, 0.5) is 11.4 Å². The Kier molecular flexibility index (Phi) is 7.31. The predicted octanol–water partition coefficient (Wildman–Crippen LogP) is 3.31. The maximum absolute atomic E-state index is 12.5. The molecule has 3 aromatic rings. The number of hydrogen-bond acceptors (Lipinski definition) is 7. The van der Waals surface area contributed by atoms with E-state index >= 15 is 0 Å². The van der Waals surface area contributed by atoms with Crippen molar-refractivity contribution in [1.29, 1.82) is 0 Å². The molecule has 8 nitrogen and oxygen atoms in total. The zero-order valence-corrected chi connectivity index (χ0v) is 18.8. The maximum atomic E-state index is 12.5. The van der Waals surface area contributed by atoms with Crippen molar-refractivity contribution in [2.75, 3.05) is 43.0 Å². The molecule has 2 amide bonds. The third-order valence-corrected chi connectivity index (χ3v) is 6.08. The summed E-state index contributed by atoms with van der Waals surface area (Å²) in [5, 5.41) is 12.1. The summed E-state index contributed by atoms with van der Waals surface area (Å²) >= 11 is 7.21. The Bertz CT molecular complexity index is 1070. The van der Waals surface area contributed by atoms with Gasteiger partial charge in [-0.05, 0) is 30.3 Å². The highest BCUT2D eigenvalue weighted by atomic mass is 35.5. The summed E-state index contributed by atoms with van der Waals surface area (Å²) < 4.78 is 5.53. The Morgan fingerprint density at radius 1 is 1.03 bits per heavy atom. The lowest BCUT2D eigenvalue weighted by Crippen LogP contribution is -2.49. The number of carbonyl (C=O) groups excluding carboxylic acids is 2. The summed E-state index contributed by atoms with van der Waals surface area (Å²) in [5.41, 5.74) is 1.75. The molecule has 0 aliphatic carbocycles. The van der Waals surface area contributed by atoms with Gasteiger partial charge in [0.15, 0.2) is 0 Å². The molecule has 1 N–H and O–H groups in total. The van der Waals surface area contributed by atoms with Crippen LogP contribution >= 0.6 is 22.9 Å². The molecule has 2 aromatic carbocycles. The van der Waals surface area contributed by atoms with Gasteiger partial charge < -0.3 is 19.9 Å². The van der Waals surface area contributed by atoms with Crippen molar-refractivity contribution in [3.8, 4) is 0 Å². The number of benzene rings is 2. The van der Waals surface area contributed by atoms with Gasteiger partial charge in [-0.1, -0.05) is 47.2 Å². The average molecular weight is 472 g/mol. The number of halogens is 1. The average Bonchev–Trinajstić information content (AvgIpc) is 3.29. The molecule has 0 bridgehead atoms. The molecule has 4 rings (SSSR count). The molecule has 0 spiro atoms. The van der Waals surface area contributed by atoms with Crippen LogP contribution in [0.25, 0.3) is 0 Å². The van der Waals surface area contributed by atoms with Crippen molar-refractivity contribution in [2.24, 2.45) is 0 Å². The number of amides is 2. The molecule has 1 aliphatic rings. The number of hydrogen-bond donors (Lipinski definition) is 1. The van der Waals surface area contributed by atoms with Crippen LogP contribution in [0.3, 0.4) is 0 Å². The molecule has 10 heteroatoms. The maximum Gasteiger partial charge on any atom is 0.286 e. The van der Waals surface area contributed by atoms with Crippen molar-refractivity contribution in [3.63, 3.8) is 0 Å². The van der Waals surface area contributed by atoms with Gasteiger partial charge in [-0.2, -0.15) is 0 Å². The van der Waals surface area contributed by atoms with Gasteiger partial charge in [0.25, 0.3) is 5.91 Å². The summed E-state index contributed by atoms with van der Waals surface area (Å²) in [4.78, 5) is 28.7. The minimum Gasteiger partial charge on any atom is -0.368 e. The quantitative estimate of drug-likeness (QED) is 0.568. The third-order valence-electron chi connectivity index (χ3n) is 4.95. The van der Waals surface area contributed by atoms with Crippen molar-refractivity contribution in [3.05, 3.63) is 69.6 Å². The van der Waals surface area contributed by atoms with Crippen LogP contribution in [-0.2, 0) is 16.1 Å². The Morgan fingerprint density at radius 2 is 1.81 bits per heavy atom. The molecule has 2 heterocycles. The number of piperazine rings is 1. The summed E-state index contributed by atoms with van der Waals surface area (Å²) in [5.74, 6) is -0.393. The van der Waals surface area contributed by atoms with Crippen LogP contribution in [-0.4, -0.2) is 59.7 Å². The fourth-order valence-electron chi connectivity index (χ4n) is 3.31. The van der Waals surface area contributed by atoms with Crippen molar-refractivity contribution >= 4 is 46.1 Å². The summed E-state index contributed by atoms with van der Waals surface area (Å²) in [6.45, 7) is 2.81. The zero-order valence-electron chi connectivity index (χ0n) is 17.2. The number of ether oxygens (including phenoxy) is 1. The number of rotatable bonds is 7. The summed E-state index contributed by atoms with van der Waals surface area (Å²) in [6.07, 6.45) is 0. The van der Waals surface area contributed by atoms with Gasteiger partial charge in [-0.3, -0.25) is 9.59 Å². The molecule has 1 aromatic heterocycles. The van der Waals surface area contributed by atoms with Crippen LogP contribution in [0.1, 0.15) is 14.8 Å². The molecule has 0 unspecified atom stereocenters. The Morgan fingerprint density at radius 3 is 2.56 bits per heavy atom. The van der Waals surface area contributed by atoms with Gasteiger partial charge in [-0.15, -0.1) is 10.2 Å². The SMILES string of the molecule is O=C(Nc1ccccc1)c1nnc(COCC(=O)N2CCN(c3cccc(Cl)c3)CC2)s1. The van der Waals surface area contributed by atoms with Crippen molar-refractivity contribution in [2.45, 2.75) is 6.61 Å². The summed E-state index contributed by atoms with van der Waals surface area (Å²) in [7, 11) is 0. The lowest BCUT2D eigenvalue weighted by molar-refractivity contribution is -0.136. The predicted molar refractivity (Wildman–Crippen MR) is 124 cm³/mol. The molecule has 1 saturated heterocycles. The molecule has 166 valence electrons. The van der Waals surface area contributed by atoms with Crippen LogP contribution in [0.2, 0.25) is 5.02 Å². The van der Waals surface area contributed by atoms with E-state index in [4.69, 9.17) is 16.3 Å². The van der Waals surface area contributed by atoms with E-state index in [1.807, 2.05) is 42.5 Å². The monoisotopic (exact) mass is 471 g/mol. The van der Waals surface area contributed by atoms with Gasteiger partial charge >= 0.3 is 0 Å². The fourth-order valence-corrected chi connectivity index (χ4v) is 4.17. The Hall–Kier alpha value is -3.01. The van der Waals surface area contributed by atoms with Crippen LogP contribution in [0.5, 0.6) is 0 Å². The second kappa shape index (κ2) is 10.5. The Balaban J connectivity index is 1.20. The molecular weight excluding hydrogens is 450 g/mol. The van der Waals surface area contributed by atoms with E-state index in [2.05, 4.69) is 20.4 Å². The van der Waals surface area contributed by atoms with Gasteiger partial charge in [-0.25, -0.2) is 0 Å². The summed E-state index contributed by atoms with van der Waals surface area (Å²) in [6, 6.07) is 16.9. The van der Waals surface area contributed by atoms with E-state index in [1.54, 1.807) is 17.0 Å². The molecule has 0 radical (unpaired) electrons. The number of nitrogens with one attached hydrogen (secondary N) is 1. The second-order valence-electron chi connectivity index (χ2n) is 7.16. The van der Waals surface area contributed by atoms with Gasteiger partial charge in [0.05, 0.1) is 0 Å². The minimum absolute atomic E-state index is 0.0394. The standard InChI is InChI=1S/C22H22ClN5O3S/c23-16-5-4-8-18(13-16)27-9-11-28(12-10-27)20(29)15-31-14-19-25-26-22(32-19)21(30)24-17-6-2-1-3-7-17/h1-8,13H,9-12,14-15H2,(H,24,30). The normalized spacial score (nSPS) is 13.8. The number of aromatic nitrogens is 2. The lowest BCUT2D eigenvalue weighted by Gasteiger charge is -2.36. The van der Waals surface area contributed by atoms with E-state index in [-0.39, 0.29) is 30.0 Å². The number of anilines is 2. The van der Waals surface area contributed by atoms with Crippen LogP contribution in [0, 0.1) is 0 Å². The van der Waals surface area contributed by atoms with Crippen molar-refractivity contribution < 1.29 is 14.3 Å². The number of carbonyl (C=O) groups is 2. The van der Waals surface area contributed by atoms with Gasteiger partial charge in [0.2, 0.25) is 10.9 Å². The number of para-hydroxylation sites is 1. The molecule has 0 saturated carbocycles. The largest absolute Gasteiger partial charge is 0.368 e. The van der Waals surface area contributed by atoms with E-state index in [0.29, 0.717) is 28.8 Å². The van der Waals surface area contributed by atoms with E-state index < -0.39 is 0 Å². The highest BCUT2D eigenvalue weighted by molar-refractivity contribution is 7.13. The van der Waals surface area contributed by atoms with Crippen molar-refractivity contribution in [1.82, 2.24) is 15.1 Å².